The zero-order valence-electron chi connectivity index (χ0n) is 9.38. The third kappa shape index (κ3) is 3.54. The van der Waals surface area contributed by atoms with Crippen LogP contribution in [0.25, 0.3) is 0 Å². The molecule has 1 saturated heterocycles. The van der Waals surface area contributed by atoms with Crippen LogP contribution in [-0.4, -0.2) is 84.8 Å². The van der Waals surface area contributed by atoms with Gasteiger partial charge in [-0.25, -0.2) is 0 Å². The van der Waals surface area contributed by atoms with Gasteiger partial charge in [0, 0.05) is 5.75 Å². The highest BCUT2D eigenvalue weighted by Crippen LogP contribution is 2.24. The highest BCUT2D eigenvalue weighted by atomic mass is 32.2. The minimum absolute atomic E-state index is 0.225. The minimum atomic E-state index is -1.71. The van der Waals surface area contributed by atoms with Crippen LogP contribution in [0.5, 0.6) is 0 Å². The number of carboxylic acids is 1. The summed E-state index contributed by atoms with van der Waals surface area (Å²) in [4.78, 5) is 10.7. The van der Waals surface area contributed by atoms with Crippen molar-refractivity contribution in [2.75, 3.05) is 12.4 Å². The molecule has 0 aliphatic carbocycles. The van der Waals surface area contributed by atoms with Crippen molar-refractivity contribution in [1.29, 1.82) is 0 Å². The number of aliphatic hydroxyl groups is 5. The summed E-state index contributed by atoms with van der Waals surface area (Å²) < 4.78 is 0. The molecule has 0 amide bonds. The van der Waals surface area contributed by atoms with Crippen LogP contribution in [0.1, 0.15) is 0 Å². The monoisotopic (exact) mass is 283 g/mol. The van der Waals surface area contributed by atoms with Crippen molar-refractivity contribution in [2.45, 2.75) is 35.8 Å². The Hall–Kier alpha value is -0.420. The molecule has 0 aromatic carbocycles. The van der Waals surface area contributed by atoms with Gasteiger partial charge >= 0.3 is 5.97 Å². The van der Waals surface area contributed by atoms with Gasteiger partial charge in [-0.3, -0.25) is 10.1 Å². The van der Waals surface area contributed by atoms with E-state index in [1.807, 2.05) is 0 Å². The highest BCUT2D eigenvalue weighted by molar-refractivity contribution is 8.00. The molecule has 8 nitrogen and oxygen atoms in total. The van der Waals surface area contributed by atoms with E-state index < -0.39 is 48.4 Å². The van der Waals surface area contributed by atoms with Crippen LogP contribution < -0.4 is 5.32 Å². The SMILES string of the molecule is O=C(O)C1CSC([C@H](O)[C@H](O)[C@@H](O)[C@@H](O)CO)N1. The lowest BCUT2D eigenvalue weighted by molar-refractivity contribution is -0.139. The first-order chi connectivity index (χ1) is 8.38. The molecule has 0 aromatic rings. The Morgan fingerprint density at radius 3 is 2.33 bits per heavy atom. The quantitative estimate of drug-likeness (QED) is 0.264. The molecule has 1 aliphatic rings. The van der Waals surface area contributed by atoms with E-state index in [9.17, 15) is 20.1 Å². The molecule has 0 radical (unpaired) electrons. The van der Waals surface area contributed by atoms with Gasteiger partial charge in [-0.2, -0.15) is 0 Å². The van der Waals surface area contributed by atoms with Crippen LogP contribution in [0.15, 0.2) is 0 Å². The molecule has 2 unspecified atom stereocenters. The Morgan fingerprint density at radius 1 is 1.28 bits per heavy atom. The number of rotatable bonds is 6. The topological polar surface area (TPSA) is 150 Å². The zero-order chi connectivity index (χ0) is 13.9. The molecule has 1 rings (SSSR count). The number of hydrogen-bond acceptors (Lipinski definition) is 8. The lowest BCUT2D eigenvalue weighted by atomic mass is 10.0. The molecule has 1 fully saturated rings. The van der Waals surface area contributed by atoms with Crippen LogP contribution in [0.3, 0.4) is 0 Å². The van der Waals surface area contributed by atoms with Crippen LogP contribution in [0.4, 0.5) is 0 Å². The molecular weight excluding hydrogens is 266 g/mol. The molecule has 0 saturated carbocycles. The fourth-order valence-electron chi connectivity index (χ4n) is 1.55. The molecule has 0 aromatic heterocycles. The van der Waals surface area contributed by atoms with Gasteiger partial charge in [0.05, 0.1) is 12.0 Å². The number of hydrogen-bond donors (Lipinski definition) is 7. The summed E-state index contributed by atoms with van der Waals surface area (Å²) in [7, 11) is 0. The average molecular weight is 283 g/mol. The second kappa shape index (κ2) is 6.66. The van der Waals surface area contributed by atoms with Crippen molar-refractivity contribution < 1.29 is 35.4 Å². The lowest BCUT2D eigenvalue weighted by Gasteiger charge is -2.28. The van der Waals surface area contributed by atoms with Gasteiger partial charge in [0.25, 0.3) is 0 Å². The van der Waals surface area contributed by atoms with Crippen LogP contribution in [0, 0.1) is 0 Å². The number of thioether (sulfide) groups is 1. The van der Waals surface area contributed by atoms with E-state index in [0.717, 1.165) is 11.8 Å². The van der Waals surface area contributed by atoms with Gasteiger partial charge in [0.2, 0.25) is 0 Å². The molecule has 7 N–H and O–H groups in total. The van der Waals surface area contributed by atoms with Gasteiger partial charge in [-0.15, -0.1) is 11.8 Å². The van der Waals surface area contributed by atoms with Crippen molar-refractivity contribution in [2.24, 2.45) is 0 Å². The first-order valence-electron chi connectivity index (χ1n) is 5.32. The summed E-state index contributed by atoms with van der Waals surface area (Å²) in [5.74, 6) is -0.842. The number of aliphatic carboxylic acids is 1. The highest BCUT2D eigenvalue weighted by Gasteiger charge is 2.40. The van der Waals surface area contributed by atoms with Crippen LogP contribution >= 0.6 is 11.8 Å². The van der Waals surface area contributed by atoms with Gasteiger partial charge in [-0.1, -0.05) is 0 Å². The van der Waals surface area contributed by atoms with E-state index in [1.165, 1.54) is 0 Å². The van der Waals surface area contributed by atoms with Gasteiger partial charge < -0.3 is 30.6 Å². The second-order valence-electron chi connectivity index (χ2n) is 4.03. The maximum Gasteiger partial charge on any atom is 0.321 e. The number of carbonyl (C=O) groups is 1. The largest absolute Gasteiger partial charge is 0.480 e. The number of nitrogens with one attached hydrogen (secondary N) is 1. The Morgan fingerprint density at radius 2 is 1.89 bits per heavy atom. The third-order valence-corrected chi connectivity index (χ3v) is 4.00. The Kier molecular flexibility index (Phi) is 5.79. The fourth-order valence-corrected chi connectivity index (χ4v) is 2.81. The zero-order valence-corrected chi connectivity index (χ0v) is 10.2. The summed E-state index contributed by atoms with van der Waals surface area (Å²) in [6.45, 7) is -0.756. The fraction of sp³-hybridized carbons (Fsp3) is 0.889. The first-order valence-corrected chi connectivity index (χ1v) is 6.37. The molecule has 0 bridgehead atoms. The van der Waals surface area contributed by atoms with Gasteiger partial charge in [0.15, 0.2) is 0 Å². The number of aliphatic hydroxyl groups excluding tert-OH is 5. The van der Waals surface area contributed by atoms with E-state index in [4.69, 9.17) is 15.3 Å². The normalized spacial score (nSPS) is 30.7. The molecule has 1 aliphatic heterocycles. The van der Waals surface area contributed by atoms with Crippen molar-refractivity contribution in [3.63, 3.8) is 0 Å². The van der Waals surface area contributed by atoms with Crippen molar-refractivity contribution in [3.05, 3.63) is 0 Å². The maximum atomic E-state index is 10.7. The van der Waals surface area contributed by atoms with E-state index in [0.29, 0.717) is 0 Å². The van der Waals surface area contributed by atoms with E-state index >= 15 is 0 Å². The summed E-state index contributed by atoms with van der Waals surface area (Å²) in [5.41, 5.74) is 0. The Balaban J connectivity index is 2.54. The molecule has 1 heterocycles. The third-order valence-electron chi connectivity index (χ3n) is 2.70. The van der Waals surface area contributed by atoms with Crippen molar-refractivity contribution in [1.82, 2.24) is 5.32 Å². The molecule has 106 valence electrons. The minimum Gasteiger partial charge on any atom is -0.480 e. The van der Waals surface area contributed by atoms with E-state index in [2.05, 4.69) is 5.32 Å². The molecule has 18 heavy (non-hydrogen) atoms. The second-order valence-corrected chi connectivity index (χ2v) is 5.21. The molecular formula is C9H17NO7S. The van der Waals surface area contributed by atoms with Crippen molar-refractivity contribution >= 4 is 17.7 Å². The summed E-state index contributed by atoms with van der Waals surface area (Å²) >= 11 is 1.09. The van der Waals surface area contributed by atoms with Gasteiger partial charge in [-0.05, 0) is 0 Å². The smallest absolute Gasteiger partial charge is 0.321 e. The lowest BCUT2D eigenvalue weighted by Crippen LogP contribution is -2.52. The number of carboxylic acid groups (broad SMARTS) is 1. The van der Waals surface area contributed by atoms with E-state index in [1.54, 1.807) is 0 Å². The maximum absolute atomic E-state index is 10.7. The first kappa shape index (κ1) is 15.6. The molecule has 0 spiro atoms. The van der Waals surface area contributed by atoms with E-state index in [-0.39, 0.29) is 5.75 Å². The molecule has 6 atom stereocenters. The van der Waals surface area contributed by atoms with Crippen molar-refractivity contribution in [3.8, 4) is 0 Å². The summed E-state index contributed by atoms with van der Waals surface area (Å²) in [6, 6.07) is -0.832. The summed E-state index contributed by atoms with van der Waals surface area (Å²) in [6.07, 6.45) is -6.44. The predicted molar refractivity (Wildman–Crippen MR) is 61.9 cm³/mol. The van der Waals surface area contributed by atoms with Crippen LogP contribution in [-0.2, 0) is 4.79 Å². The van der Waals surface area contributed by atoms with Gasteiger partial charge in [0.1, 0.15) is 30.5 Å². The van der Waals surface area contributed by atoms with Crippen LogP contribution in [0.2, 0.25) is 0 Å². The Labute approximate surface area is 107 Å². The average Bonchev–Trinajstić information content (AvgIpc) is 2.84. The Bertz CT molecular complexity index is 292. The predicted octanol–water partition coefficient (Wildman–Crippen LogP) is -3.46. The molecule has 9 heteroatoms. The standard InChI is InChI=1S/C9H17NO7S/c11-1-4(12)5(13)6(14)7(15)8-10-3(2-18-8)9(16)17/h3-8,10-15H,1-2H2,(H,16,17)/t3?,4-,5-,6+,7+,8?/m0/s1. The summed E-state index contributed by atoms with van der Waals surface area (Å²) in [5, 5.41) is 57.1.